The van der Waals surface area contributed by atoms with E-state index >= 15 is 0 Å². The number of aromatic nitrogens is 1. The van der Waals surface area contributed by atoms with Crippen LogP contribution in [0, 0.1) is 0 Å². The fourth-order valence-corrected chi connectivity index (χ4v) is 4.30. The second-order valence-electron chi connectivity index (χ2n) is 7.77. The van der Waals surface area contributed by atoms with E-state index in [2.05, 4.69) is 15.2 Å². The quantitative estimate of drug-likeness (QED) is 0.664. The predicted octanol–water partition coefficient (Wildman–Crippen LogP) is 3.11. The number of nitrogens with one attached hydrogen (secondary N) is 1. The van der Waals surface area contributed by atoms with Crippen molar-refractivity contribution in [2.75, 3.05) is 19.9 Å². The third kappa shape index (κ3) is 3.92. The third-order valence-electron chi connectivity index (χ3n) is 5.79. The highest BCUT2D eigenvalue weighted by molar-refractivity contribution is 5.94. The van der Waals surface area contributed by atoms with E-state index in [1.165, 1.54) is 0 Å². The van der Waals surface area contributed by atoms with E-state index in [-0.39, 0.29) is 30.5 Å². The van der Waals surface area contributed by atoms with Crippen LogP contribution in [0.5, 0.6) is 17.2 Å². The average molecular weight is 417 g/mol. The second kappa shape index (κ2) is 8.28. The van der Waals surface area contributed by atoms with Crippen molar-refractivity contribution >= 4 is 5.91 Å². The fraction of sp³-hybridized carbons (Fsp3) is 0.250. The number of likely N-dealkylation sites (tertiary alicyclic amines) is 1. The lowest BCUT2D eigenvalue weighted by molar-refractivity contribution is 0.0937. The van der Waals surface area contributed by atoms with E-state index < -0.39 is 0 Å². The summed E-state index contributed by atoms with van der Waals surface area (Å²) in [5, 5.41) is 13.9. The highest BCUT2D eigenvalue weighted by Gasteiger charge is 2.33. The number of fused-ring (bicyclic) bond motifs is 1. The van der Waals surface area contributed by atoms with E-state index in [9.17, 15) is 9.90 Å². The lowest BCUT2D eigenvalue weighted by Crippen LogP contribution is -2.38. The number of phenolic OH excluding ortho intramolecular Hbond substituents is 1. The molecular weight excluding hydrogens is 394 g/mol. The van der Waals surface area contributed by atoms with Crippen LogP contribution >= 0.6 is 0 Å². The molecule has 0 radical (unpaired) electrons. The van der Waals surface area contributed by atoms with Crippen molar-refractivity contribution in [3.05, 3.63) is 83.7 Å². The minimum atomic E-state index is -0.198. The molecule has 0 aliphatic carbocycles. The number of rotatable bonds is 5. The highest BCUT2D eigenvalue weighted by atomic mass is 16.7. The molecule has 5 rings (SSSR count). The Hall–Kier alpha value is -3.58. The average Bonchev–Trinajstić information content (AvgIpc) is 3.45. The van der Waals surface area contributed by atoms with Crippen molar-refractivity contribution in [2.24, 2.45) is 0 Å². The van der Waals surface area contributed by atoms with E-state index in [4.69, 9.17) is 9.47 Å². The Labute approximate surface area is 180 Å². The Bertz CT molecular complexity index is 1070. The SMILES string of the molecule is O=C(N[C@@H]1CCN(C(c2ccncc2)c2cc3c(cc2O)OCO3)C1)c1ccccc1. The normalized spacial score (nSPS) is 18.6. The van der Waals surface area contributed by atoms with E-state index in [0.29, 0.717) is 23.6 Å². The minimum Gasteiger partial charge on any atom is -0.507 e. The van der Waals surface area contributed by atoms with Gasteiger partial charge in [-0.05, 0) is 42.3 Å². The monoisotopic (exact) mass is 417 g/mol. The van der Waals surface area contributed by atoms with Crippen LogP contribution in [0.3, 0.4) is 0 Å². The number of pyridine rings is 1. The summed E-state index contributed by atoms with van der Waals surface area (Å²) in [5.41, 5.74) is 2.41. The first-order valence-corrected chi connectivity index (χ1v) is 10.3. The molecular formula is C24H23N3O4. The predicted molar refractivity (Wildman–Crippen MR) is 114 cm³/mol. The highest BCUT2D eigenvalue weighted by Crippen LogP contribution is 2.43. The topological polar surface area (TPSA) is 83.9 Å². The molecule has 2 atom stereocenters. The Morgan fingerprint density at radius 2 is 1.84 bits per heavy atom. The van der Waals surface area contributed by atoms with E-state index in [1.807, 2.05) is 48.5 Å². The van der Waals surface area contributed by atoms with Gasteiger partial charge in [-0.3, -0.25) is 14.7 Å². The lowest BCUT2D eigenvalue weighted by Gasteiger charge is -2.29. The van der Waals surface area contributed by atoms with Crippen LogP contribution in [0.4, 0.5) is 0 Å². The van der Waals surface area contributed by atoms with Gasteiger partial charge in [0.2, 0.25) is 6.79 Å². The first kappa shape index (κ1) is 19.4. The van der Waals surface area contributed by atoms with Crippen LogP contribution in [0.25, 0.3) is 0 Å². The number of phenols is 1. The van der Waals surface area contributed by atoms with Crippen LogP contribution in [0.15, 0.2) is 67.0 Å². The summed E-state index contributed by atoms with van der Waals surface area (Å²) in [5.74, 6) is 1.26. The summed E-state index contributed by atoms with van der Waals surface area (Å²) in [4.78, 5) is 19.0. The van der Waals surface area contributed by atoms with Gasteiger partial charge in [0.25, 0.3) is 5.91 Å². The van der Waals surface area contributed by atoms with Crippen molar-refractivity contribution in [1.29, 1.82) is 0 Å². The summed E-state index contributed by atoms with van der Waals surface area (Å²) < 4.78 is 10.9. The van der Waals surface area contributed by atoms with Crippen LogP contribution in [-0.2, 0) is 0 Å². The molecule has 3 aromatic rings. The van der Waals surface area contributed by atoms with Crippen LogP contribution < -0.4 is 14.8 Å². The van der Waals surface area contributed by atoms with E-state index in [0.717, 1.165) is 24.1 Å². The Balaban J connectivity index is 1.40. The number of ether oxygens (including phenoxy) is 2. The van der Waals surface area contributed by atoms with Gasteiger partial charge < -0.3 is 19.9 Å². The maximum Gasteiger partial charge on any atom is 0.251 e. The molecule has 0 bridgehead atoms. The van der Waals surface area contributed by atoms with Gasteiger partial charge in [0.1, 0.15) is 5.75 Å². The second-order valence-corrected chi connectivity index (χ2v) is 7.77. The number of hydrogen-bond donors (Lipinski definition) is 2. The third-order valence-corrected chi connectivity index (χ3v) is 5.79. The summed E-state index contributed by atoms with van der Waals surface area (Å²) in [6, 6.07) is 16.4. The molecule has 3 heterocycles. The molecule has 0 spiro atoms. The van der Waals surface area contributed by atoms with Crippen LogP contribution in [-0.4, -0.2) is 46.8 Å². The molecule has 1 aromatic heterocycles. The molecule has 2 aliphatic heterocycles. The summed E-state index contributed by atoms with van der Waals surface area (Å²) in [6.07, 6.45) is 4.32. The number of nitrogens with zero attached hydrogens (tertiary/aromatic N) is 2. The molecule has 0 saturated carbocycles. The molecule has 7 heteroatoms. The van der Waals surface area contributed by atoms with Crippen molar-refractivity contribution in [1.82, 2.24) is 15.2 Å². The van der Waals surface area contributed by atoms with Gasteiger partial charge in [0, 0.05) is 48.7 Å². The molecule has 31 heavy (non-hydrogen) atoms. The van der Waals surface area contributed by atoms with Crippen LogP contribution in [0.1, 0.15) is 33.9 Å². The Kier molecular flexibility index (Phi) is 5.18. The first-order chi connectivity index (χ1) is 15.2. The molecule has 1 unspecified atom stereocenters. The number of carbonyl (C=O) groups excluding carboxylic acids is 1. The molecule has 1 fully saturated rings. The first-order valence-electron chi connectivity index (χ1n) is 10.3. The van der Waals surface area contributed by atoms with Crippen molar-refractivity contribution in [2.45, 2.75) is 18.5 Å². The van der Waals surface area contributed by atoms with Gasteiger partial charge in [-0.25, -0.2) is 0 Å². The number of amides is 1. The maximum atomic E-state index is 12.6. The maximum absolute atomic E-state index is 12.6. The molecule has 7 nitrogen and oxygen atoms in total. The minimum absolute atomic E-state index is 0.0215. The van der Waals surface area contributed by atoms with Gasteiger partial charge in [-0.2, -0.15) is 0 Å². The van der Waals surface area contributed by atoms with Crippen molar-refractivity contribution in [3.63, 3.8) is 0 Å². The smallest absolute Gasteiger partial charge is 0.251 e. The van der Waals surface area contributed by atoms with Crippen molar-refractivity contribution in [3.8, 4) is 17.2 Å². The zero-order chi connectivity index (χ0) is 21.2. The summed E-state index contributed by atoms with van der Waals surface area (Å²) in [6.45, 7) is 1.59. The number of aromatic hydroxyl groups is 1. The summed E-state index contributed by atoms with van der Waals surface area (Å²) >= 11 is 0. The van der Waals surface area contributed by atoms with Gasteiger partial charge in [-0.15, -0.1) is 0 Å². The largest absolute Gasteiger partial charge is 0.507 e. The number of carbonyl (C=O) groups is 1. The van der Waals surface area contributed by atoms with Gasteiger partial charge >= 0.3 is 0 Å². The van der Waals surface area contributed by atoms with Gasteiger partial charge in [0.05, 0.1) is 6.04 Å². The zero-order valence-electron chi connectivity index (χ0n) is 16.9. The van der Waals surface area contributed by atoms with E-state index in [1.54, 1.807) is 18.5 Å². The molecule has 2 aliphatic rings. The molecule has 2 N–H and O–H groups in total. The van der Waals surface area contributed by atoms with Gasteiger partial charge in [-0.1, -0.05) is 18.2 Å². The Morgan fingerprint density at radius 1 is 1.10 bits per heavy atom. The standard InChI is InChI=1S/C24H23N3O4/c28-20-13-22-21(30-15-31-22)12-19(20)23(16-6-9-25-10-7-16)27-11-8-18(14-27)26-24(29)17-4-2-1-3-5-17/h1-7,9-10,12-13,18,23,28H,8,11,14-15H2,(H,26,29)/t18-,23?/m1/s1. The molecule has 2 aromatic carbocycles. The van der Waals surface area contributed by atoms with Crippen LogP contribution in [0.2, 0.25) is 0 Å². The number of benzene rings is 2. The van der Waals surface area contributed by atoms with Gasteiger partial charge in [0.15, 0.2) is 11.5 Å². The lowest BCUT2D eigenvalue weighted by atomic mass is 9.96. The fourth-order valence-electron chi connectivity index (χ4n) is 4.30. The molecule has 1 amide bonds. The zero-order valence-corrected chi connectivity index (χ0v) is 16.9. The molecule has 158 valence electrons. The number of hydrogen-bond acceptors (Lipinski definition) is 6. The van der Waals surface area contributed by atoms with Crippen molar-refractivity contribution < 1.29 is 19.4 Å². The summed E-state index contributed by atoms with van der Waals surface area (Å²) in [7, 11) is 0. The molecule has 1 saturated heterocycles. The Morgan fingerprint density at radius 3 is 2.61 bits per heavy atom.